The van der Waals surface area contributed by atoms with Gasteiger partial charge in [-0.2, -0.15) is 0 Å². The van der Waals surface area contributed by atoms with E-state index in [1.54, 1.807) is 0 Å². The van der Waals surface area contributed by atoms with Gasteiger partial charge in [0.15, 0.2) is 0 Å². The fourth-order valence-corrected chi connectivity index (χ4v) is 2.79. The Hall–Kier alpha value is -1.76. The first-order valence-electron chi connectivity index (χ1n) is 7.16. The summed E-state index contributed by atoms with van der Waals surface area (Å²) in [6.07, 6.45) is 14.3. The molecule has 0 atom stereocenters. The van der Waals surface area contributed by atoms with Gasteiger partial charge < -0.3 is 4.74 Å². The van der Waals surface area contributed by atoms with Gasteiger partial charge in [0, 0.05) is 0 Å². The number of hydrogen-bond donors (Lipinski definition) is 0. The highest BCUT2D eigenvalue weighted by Crippen LogP contribution is 2.25. The van der Waals surface area contributed by atoms with Gasteiger partial charge in [0.1, 0.15) is 12.4 Å². The van der Waals surface area contributed by atoms with E-state index in [-0.39, 0.29) is 0 Å². The molecule has 0 saturated carbocycles. The first-order valence-corrected chi connectivity index (χ1v) is 7.16. The van der Waals surface area contributed by atoms with Crippen LogP contribution in [0.15, 0.2) is 59.9 Å². The Morgan fingerprint density at radius 1 is 0.842 bits per heavy atom. The van der Waals surface area contributed by atoms with Crippen LogP contribution >= 0.6 is 0 Å². The molecule has 1 aliphatic heterocycles. The lowest BCUT2D eigenvalue weighted by Gasteiger charge is -2.16. The molecule has 2 aliphatic rings. The van der Waals surface area contributed by atoms with Crippen LogP contribution < -0.4 is 0 Å². The van der Waals surface area contributed by atoms with Crippen LogP contribution in [0.4, 0.5) is 0 Å². The molecular weight excluding hydrogens is 232 g/mol. The second-order valence-electron chi connectivity index (χ2n) is 5.16. The van der Waals surface area contributed by atoms with Crippen molar-refractivity contribution in [2.45, 2.75) is 32.1 Å². The molecule has 0 N–H and O–H groups in total. The van der Waals surface area contributed by atoms with Crippen LogP contribution in [0.5, 0.6) is 0 Å². The molecule has 0 radical (unpaired) electrons. The van der Waals surface area contributed by atoms with Gasteiger partial charge >= 0.3 is 0 Å². The summed E-state index contributed by atoms with van der Waals surface area (Å²) < 4.78 is 5.88. The molecule has 3 rings (SSSR count). The Morgan fingerprint density at radius 3 is 2.68 bits per heavy atom. The Balaban J connectivity index is 1.89. The number of fused-ring (bicyclic) bond motifs is 1. The highest BCUT2D eigenvalue weighted by atomic mass is 16.5. The predicted molar refractivity (Wildman–Crippen MR) is 79.0 cm³/mol. The zero-order chi connectivity index (χ0) is 12.9. The molecule has 1 nitrogen and oxygen atoms in total. The van der Waals surface area contributed by atoms with E-state index in [1.807, 2.05) is 0 Å². The van der Waals surface area contributed by atoms with Crippen LogP contribution in [0.3, 0.4) is 0 Å². The largest absolute Gasteiger partial charge is 0.490 e. The van der Waals surface area contributed by atoms with Gasteiger partial charge in [0.05, 0.1) is 0 Å². The van der Waals surface area contributed by atoms with Gasteiger partial charge in [-0.3, -0.25) is 0 Å². The van der Waals surface area contributed by atoms with Gasteiger partial charge in [0.2, 0.25) is 0 Å². The summed E-state index contributed by atoms with van der Waals surface area (Å²) in [4.78, 5) is 0. The number of benzene rings is 1. The van der Waals surface area contributed by atoms with Crippen molar-refractivity contribution in [1.29, 1.82) is 0 Å². The van der Waals surface area contributed by atoms with Crippen LogP contribution in [0.25, 0.3) is 0 Å². The molecule has 1 heterocycles. The van der Waals surface area contributed by atoms with Crippen molar-refractivity contribution in [1.82, 2.24) is 0 Å². The van der Waals surface area contributed by atoms with Crippen molar-refractivity contribution in [3.63, 3.8) is 0 Å². The molecule has 98 valence electrons. The Labute approximate surface area is 115 Å². The zero-order valence-electron chi connectivity index (χ0n) is 11.3. The lowest BCUT2D eigenvalue weighted by atomic mass is 9.94. The highest BCUT2D eigenvalue weighted by Gasteiger charge is 2.11. The molecule has 0 bridgehead atoms. The van der Waals surface area contributed by atoms with Gasteiger partial charge in [-0.05, 0) is 54.9 Å². The van der Waals surface area contributed by atoms with Crippen LogP contribution in [-0.4, -0.2) is 6.61 Å². The number of allylic oxidation sites excluding steroid dienone is 4. The van der Waals surface area contributed by atoms with Gasteiger partial charge in [-0.1, -0.05) is 42.5 Å². The molecule has 19 heavy (non-hydrogen) atoms. The van der Waals surface area contributed by atoms with Crippen molar-refractivity contribution in [2.75, 3.05) is 6.61 Å². The molecule has 0 unspecified atom stereocenters. The second-order valence-corrected chi connectivity index (χ2v) is 5.16. The number of hydrogen-bond acceptors (Lipinski definition) is 1. The number of rotatable bonds is 0. The van der Waals surface area contributed by atoms with Crippen LogP contribution in [0, 0.1) is 0 Å². The maximum absolute atomic E-state index is 5.88. The van der Waals surface area contributed by atoms with Gasteiger partial charge in [0.25, 0.3) is 0 Å². The third kappa shape index (κ3) is 2.98. The van der Waals surface area contributed by atoms with E-state index in [2.05, 4.69) is 48.6 Å². The molecule has 0 spiro atoms. The summed E-state index contributed by atoms with van der Waals surface area (Å²) in [5, 5.41) is 0. The standard InChI is InChI=1S/C18H20O/c1-2-8-16-12-13-17-10-3-4-11-18(17)19-14-6-5-9-15(16)7-1/h1-2,4-8,11H,3,9-10,12-14H2. The average Bonchev–Trinajstić information content (AvgIpc) is 2.50. The molecule has 0 saturated heterocycles. The Kier molecular flexibility index (Phi) is 3.83. The van der Waals surface area contributed by atoms with E-state index >= 15 is 0 Å². The van der Waals surface area contributed by atoms with Crippen molar-refractivity contribution in [3.05, 3.63) is 71.0 Å². The second kappa shape index (κ2) is 5.92. The van der Waals surface area contributed by atoms with E-state index < -0.39 is 0 Å². The minimum Gasteiger partial charge on any atom is -0.490 e. The number of ether oxygens (including phenoxy) is 1. The molecule has 0 amide bonds. The molecular formula is C18H20O. The summed E-state index contributed by atoms with van der Waals surface area (Å²) in [6.45, 7) is 0.686. The lowest BCUT2D eigenvalue weighted by molar-refractivity contribution is 0.253. The molecule has 1 aliphatic carbocycles. The highest BCUT2D eigenvalue weighted by molar-refractivity contribution is 5.32. The Morgan fingerprint density at radius 2 is 1.74 bits per heavy atom. The fourth-order valence-electron chi connectivity index (χ4n) is 2.79. The first-order chi connectivity index (χ1) is 9.43. The molecule has 0 aromatic heterocycles. The monoisotopic (exact) mass is 252 g/mol. The third-order valence-electron chi connectivity index (χ3n) is 3.88. The van der Waals surface area contributed by atoms with E-state index in [1.165, 1.54) is 16.7 Å². The van der Waals surface area contributed by atoms with Crippen molar-refractivity contribution in [2.24, 2.45) is 0 Å². The van der Waals surface area contributed by atoms with E-state index in [9.17, 15) is 0 Å². The average molecular weight is 252 g/mol. The van der Waals surface area contributed by atoms with Gasteiger partial charge in [-0.15, -0.1) is 0 Å². The minimum atomic E-state index is 0.686. The molecule has 1 aromatic carbocycles. The SMILES string of the molecule is C1=CC2=C(CC1)CCc1ccccc1CC=CCO2. The van der Waals surface area contributed by atoms with Crippen LogP contribution in [-0.2, 0) is 17.6 Å². The smallest absolute Gasteiger partial charge is 0.118 e. The maximum atomic E-state index is 5.88. The fraction of sp³-hybridized carbons (Fsp3) is 0.333. The summed E-state index contributed by atoms with van der Waals surface area (Å²) in [6, 6.07) is 8.79. The third-order valence-corrected chi connectivity index (χ3v) is 3.88. The van der Waals surface area contributed by atoms with E-state index in [0.717, 1.165) is 37.9 Å². The van der Waals surface area contributed by atoms with Crippen LogP contribution in [0.2, 0.25) is 0 Å². The topological polar surface area (TPSA) is 9.23 Å². The summed E-state index contributed by atoms with van der Waals surface area (Å²) in [5.41, 5.74) is 4.41. The summed E-state index contributed by atoms with van der Waals surface area (Å²) in [5.74, 6) is 1.11. The lowest BCUT2D eigenvalue weighted by Crippen LogP contribution is -2.01. The zero-order valence-corrected chi connectivity index (χ0v) is 11.3. The van der Waals surface area contributed by atoms with E-state index in [0.29, 0.717) is 6.61 Å². The Bertz CT molecular complexity index is 534. The quantitative estimate of drug-likeness (QED) is 0.624. The maximum Gasteiger partial charge on any atom is 0.118 e. The predicted octanol–water partition coefficient (Wildman–Crippen LogP) is 4.35. The molecule has 1 heteroatoms. The van der Waals surface area contributed by atoms with Gasteiger partial charge in [-0.25, -0.2) is 0 Å². The summed E-state index contributed by atoms with van der Waals surface area (Å²) >= 11 is 0. The van der Waals surface area contributed by atoms with Crippen molar-refractivity contribution >= 4 is 0 Å². The van der Waals surface area contributed by atoms with Crippen LogP contribution in [0.1, 0.15) is 30.4 Å². The summed E-state index contributed by atoms with van der Waals surface area (Å²) in [7, 11) is 0. The molecule has 0 fully saturated rings. The first kappa shape index (κ1) is 12.3. The molecule has 1 aromatic rings. The van der Waals surface area contributed by atoms with Crippen molar-refractivity contribution < 1.29 is 4.74 Å². The minimum absolute atomic E-state index is 0.686. The van der Waals surface area contributed by atoms with Crippen molar-refractivity contribution in [3.8, 4) is 0 Å². The van der Waals surface area contributed by atoms with E-state index in [4.69, 9.17) is 4.74 Å². The number of aryl methyl sites for hydroxylation is 1. The normalized spacial score (nSPS) is 19.2.